The number of benzene rings is 1. The van der Waals surface area contributed by atoms with E-state index in [1.54, 1.807) is 0 Å². The Morgan fingerprint density at radius 3 is 2.88 bits per heavy atom. The quantitative estimate of drug-likeness (QED) is 0.802. The molecule has 3 heteroatoms. The highest BCUT2D eigenvalue weighted by Gasteiger charge is 2.42. The molecule has 17 heavy (non-hydrogen) atoms. The Balaban J connectivity index is 1.84. The number of rotatable bonds is 1. The summed E-state index contributed by atoms with van der Waals surface area (Å²) in [5, 5.41) is 7.64. The molecule has 0 saturated carbocycles. The van der Waals surface area contributed by atoms with Crippen molar-refractivity contribution in [2.45, 2.75) is 32.3 Å². The molecule has 1 unspecified atom stereocenters. The van der Waals surface area contributed by atoms with Gasteiger partial charge in [-0.25, -0.2) is 0 Å². The second-order valence-electron chi connectivity index (χ2n) is 5.21. The molecule has 90 valence electrons. The second kappa shape index (κ2) is 3.84. The monoisotopic (exact) mass is 230 g/mol. The zero-order valence-electron chi connectivity index (χ0n) is 10.4. The Labute approximate surface area is 102 Å². The maximum absolute atomic E-state index is 5.66. The van der Waals surface area contributed by atoms with Crippen LogP contribution in [0.5, 0.6) is 0 Å². The van der Waals surface area contributed by atoms with Crippen LogP contribution in [-0.2, 0) is 4.84 Å². The van der Waals surface area contributed by atoms with E-state index in [-0.39, 0.29) is 5.60 Å². The van der Waals surface area contributed by atoms with Crippen molar-refractivity contribution in [2.75, 3.05) is 13.1 Å². The molecule has 1 atom stereocenters. The molecule has 0 amide bonds. The molecule has 1 N–H and O–H groups in total. The van der Waals surface area contributed by atoms with Crippen LogP contribution in [0.1, 0.15) is 29.5 Å². The van der Waals surface area contributed by atoms with Crippen LogP contribution >= 0.6 is 0 Å². The zero-order chi connectivity index (χ0) is 11.9. The Hall–Kier alpha value is -1.35. The first kappa shape index (κ1) is 10.8. The minimum atomic E-state index is -0.0614. The lowest BCUT2D eigenvalue weighted by Crippen LogP contribution is -2.31. The summed E-state index contributed by atoms with van der Waals surface area (Å²) in [6.45, 7) is 6.23. The number of nitrogens with zero attached hydrogens (tertiary/aromatic N) is 1. The lowest BCUT2D eigenvalue weighted by atomic mass is 9.92. The van der Waals surface area contributed by atoms with Crippen LogP contribution in [0, 0.1) is 13.8 Å². The second-order valence-corrected chi connectivity index (χ2v) is 5.21. The van der Waals surface area contributed by atoms with Crippen LogP contribution in [0.15, 0.2) is 23.4 Å². The average molecular weight is 230 g/mol. The van der Waals surface area contributed by atoms with E-state index < -0.39 is 0 Å². The number of nitrogens with one attached hydrogen (secondary N) is 1. The van der Waals surface area contributed by atoms with E-state index in [0.717, 1.165) is 31.6 Å². The van der Waals surface area contributed by atoms with Gasteiger partial charge in [-0.05, 0) is 43.1 Å². The minimum Gasteiger partial charge on any atom is -0.387 e. The minimum absolute atomic E-state index is 0.0614. The maximum Gasteiger partial charge on any atom is 0.156 e. The van der Waals surface area contributed by atoms with E-state index in [1.807, 2.05) is 0 Å². The fourth-order valence-corrected chi connectivity index (χ4v) is 2.55. The van der Waals surface area contributed by atoms with Gasteiger partial charge in [0.05, 0.1) is 5.71 Å². The molecule has 0 radical (unpaired) electrons. The molecule has 1 spiro atoms. The highest BCUT2D eigenvalue weighted by Crippen LogP contribution is 2.32. The highest BCUT2D eigenvalue weighted by atomic mass is 16.7. The molecule has 0 aromatic heterocycles. The summed E-state index contributed by atoms with van der Waals surface area (Å²) in [5.74, 6) is 0. The molecule has 1 aromatic carbocycles. The van der Waals surface area contributed by atoms with E-state index in [2.05, 4.69) is 42.5 Å². The van der Waals surface area contributed by atoms with Gasteiger partial charge in [0.15, 0.2) is 5.60 Å². The van der Waals surface area contributed by atoms with Gasteiger partial charge in [-0.3, -0.25) is 0 Å². The van der Waals surface area contributed by atoms with Crippen molar-refractivity contribution in [2.24, 2.45) is 5.16 Å². The number of aryl methyl sites for hydroxylation is 2. The van der Waals surface area contributed by atoms with Crippen molar-refractivity contribution in [3.05, 3.63) is 34.9 Å². The maximum atomic E-state index is 5.66. The smallest absolute Gasteiger partial charge is 0.156 e. The first-order valence-corrected chi connectivity index (χ1v) is 6.22. The third kappa shape index (κ3) is 1.84. The predicted octanol–water partition coefficient (Wildman–Crippen LogP) is 2.16. The Morgan fingerprint density at radius 1 is 1.29 bits per heavy atom. The average Bonchev–Trinajstić information content (AvgIpc) is 2.94. The van der Waals surface area contributed by atoms with Gasteiger partial charge in [-0.1, -0.05) is 17.3 Å². The molecule has 0 aliphatic carbocycles. The van der Waals surface area contributed by atoms with Gasteiger partial charge < -0.3 is 10.2 Å². The van der Waals surface area contributed by atoms with Gasteiger partial charge in [-0.2, -0.15) is 0 Å². The van der Waals surface area contributed by atoms with Gasteiger partial charge in [0.1, 0.15) is 0 Å². The van der Waals surface area contributed by atoms with Crippen LogP contribution in [0.4, 0.5) is 0 Å². The number of oxime groups is 1. The molecule has 1 aromatic rings. The van der Waals surface area contributed by atoms with Crippen molar-refractivity contribution < 1.29 is 4.84 Å². The topological polar surface area (TPSA) is 33.6 Å². The van der Waals surface area contributed by atoms with Gasteiger partial charge in [0, 0.05) is 19.4 Å². The van der Waals surface area contributed by atoms with Crippen molar-refractivity contribution >= 4 is 5.71 Å². The number of hydrogen-bond acceptors (Lipinski definition) is 3. The normalized spacial score (nSPS) is 27.3. The summed E-state index contributed by atoms with van der Waals surface area (Å²) in [6.07, 6.45) is 1.99. The van der Waals surface area contributed by atoms with E-state index in [9.17, 15) is 0 Å². The zero-order valence-corrected chi connectivity index (χ0v) is 10.4. The molecule has 0 bridgehead atoms. The largest absolute Gasteiger partial charge is 0.387 e. The summed E-state index contributed by atoms with van der Waals surface area (Å²) >= 11 is 0. The van der Waals surface area contributed by atoms with E-state index >= 15 is 0 Å². The first-order chi connectivity index (χ1) is 8.19. The van der Waals surface area contributed by atoms with Crippen molar-refractivity contribution in [1.82, 2.24) is 5.32 Å². The first-order valence-electron chi connectivity index (χ1n) is 6.22. The van der Waals surface area contributed by atoms with Gasteiger partial charge >= 0.3 is 0 Å². The summed E-state index contributed by atoms with van der Waals surface area (Å²) in [6, 6.07) is 6.51. The van der Waals surface area contributed by atoms with Crippen LogP contribution in [0.3, 0.4) is 0 Å². The molecule has 2 aliphatic heterocycles. The van der Waals surface area contributed by atoms with Crippen LogP contribution in [0.25, 0.3) is 0 Å². The Morgan fingerprint density at radius 2 is 2.18 bits per heavy atom. The van der Waals surface area contributed by atoms with Crippen molar-refractivity contribution in [3.63, 3.8) is 0 Å². The molecule has 1 saturated heterocycles. The van der Waals surface area contributed by atoms with E-state index in [4.69, 9.17) is 4.84 Å². The molecule has 2 aliphatic rings. The Bertz CT molecular complexity index is 473. The summed E-state index contributed by atoms with van der Waals surface area (Å²) in [4.78, 5) is 5.66. The third-order valence-corrected chi connectivity index (χ3v) is 3.88. The third-order valence-electron chi connectivity index (χ3n) is 3.88. The van der Waals surface area contributed by atoms with Gasteiger partial charge in [-0.15, -0.1) is 0 Å². The van der Waals surface area contributed by atoms with Gasteiger partial charge in [0.25, 0.3) is 0 Å². The summed E-state index contributed by atoms with van der Waals surface area (Å²) in [7, 11) is 0. The van der Waals surface area contributed by atoms with Crippen LogP contribution in [0.2, 0.25) is 0 Å². The highest BCUT2D eigenvalue weighted by molar-refractivity contribution is 6.01. The standard InChI is InChI=1S/C14H18N2O/c1-10-3-4-12(7-11(10)2)13-8-14(17-16-13)5-6-15-9-14/h3-4,7,15H,5-6,8-9H2,1-2H3. The lowest BCUT2D eigenvalue weighted by molar-refractivity contribution is -0.00190. The lowest BCUT2D eigenvalue weighted by Gasteiger charge is -2.18. The molecule has 1 fully saturated rings. The van der Waals surface area contributed by atoms with Crippen LogP contribution < -0.4 is 5.32 Å². The van der Waals surface area contributed by atoms with E-state index in [1.165, 1.54) is 16.7 Å². The fourth-order valence-electron chi connectivity index (χ4n) is 2.55. The molecule has 3 rings (SSSR count). The summed E-state index contributed by atoms with van der Waals surface area (Å²) < 4.78 is 0. The van der Waals surface area contributed by atoms with E-state index in [0.29, 0.717) is 0 Å². The van der Waals surface area contributed by atoms with Crippen molar-refractivity contribution in [1.29, 1.82) is 0 Å². The fraction of sp³-hybridized carbons (Fsp3) is 0.500. The van der Waals surface area contributed by atoms with Gasteiger partial charge in [0.2, 0.25) is 0 Å². The number of hydrogen-bond donors (Lipinski definition) is 1. The molecule has 2 heterocycles. The summed E-state index contributed by atoms with van der Waals surface area (Å²) in [5.41, 5.74) is 4.88. The molecular formula is C14H18N2O. The predicted molar refractivity (Wildman–Crippen MR) is 68.4 cm³/mol. The Kier molecular flexibility index (Phi) is 2.44. The molecule has 3 nitrogen and oxygen atoms in total. The van der Waals surface area contributed by atoms with Crippen LogP contribution in [-0.4, -0.2) is 24.4 Å². The molecular weight excluding hydrogens is 212 g/mol. The SMILES string of the molecule is Cc1ccc(C2=NOC3(CCNC3)C2)cc1C. The van der Waals surface area contributed by atoms with Crippen molar-refractivity contribution in [3.8, 4) is 0 Å².